The molecule has 0 aliphatic carbocycles. The first-order chi connectivity index (χ1) is 9.36. The molecule has 0 fully saturated rings. The highest BCUT2D eigenvalue weighted by molar-refractivity contribution is 9.10. The molecule has 0 radical (unpaired) electrons. The van der Waals surface area contributed by atoms with Crippen LogP contribution in [-0.4, -0.2) is 16.0 Å². The van der Waals surface area contributed by atoms with Gasteiger partial charge in [0.1, 0.15) is 0 Å². The molecule has 1 amide bonds. The van der Waals surface area contributed by atoms with Gasteiger partial charge in [-0.3, -0.25) is 14.6 Å². The van der Waals surface area contributed by atoms with E-state index in [-0.39, 0.29) is 11.4 Å². The minimum absolute atomic E-state index is 0.0508. The highest BCUT2D eigenvalue weighted by atomic mass is 79.9. The number of aromatic amines is 1. The Hall–Kier alpha value is -1.79. The predicted octanol–water partition coefficient (Wildman–Crippen LogP) is 3.06. The number of amides is 1. The molecule has 5 nitrogen and oxygen atoms in total. The lowest BCUT2D eigenvalue weighted by atomic mass is 10.2. The van der Waals surface area contributed by atoms with Crippen LogP contribution in [0.1, 0.15) is 15.9 Å². The fourth-order valence-corrected chi connectivity index (χ4v) is 2.32. The van der Waals surface area contributed by atoms with Gasteiger partial charge in [-0.2, -0.15) is 0 Å². The van der Waals surface area contributed by atoms with Crippen molar-refractivity contribution >= 4 is 39.1 Å². The smallest absolute Gasteiger partial charge is 0.256 e. The third kappa shape index (κ3) is 3.20. The van der Waals surface area contributed by atoms with Gasteiger partial charge in [-0.1, -0.05) is 11.6 Å². The molecule has 7 heteroatoms. The predicted molar refractivity (Wildman–Crippen MR) is 80.6 cm³/mol. The van der Waals surface area contributed by atoms with E-state index in [1.807, 2.05) is 6.92 Å². The number of carbonyl (C=O) groups excluding carboxylic acids is 1. The summed E-state index contributed by atoms with van der Waals surface area (Å²) in [6.07, 6.45) is 0. The second kappa shape index (κ2) is 5.68. The van der Waals surface area contributed by atoms with E-state index in [1.54, 1.807) is 12.1 Å². The number of halogens is 2. The molecule has 0 atom stereocenters. The molecule has 3 N–H and O–H groups in total. The lowest BCUT2D eigenvalue weighted by Crippen LogP contribution is -2.16. The average Bonchev–Trinajstić information content (AvgIpc) is 2.34. The van der Waals surface area contributed by atoms with Crippen LogP contribution in [0.4, 0.5) is 5.69 Å². The summed E-state index contributed by atoms with van der Waals surface area (Å²) in [5.41, 5.74) is 0.835. The van der Waals surface area contributed by atoms with Crippen molar-refractivity contribution in [3.05, 3.63) is 55.2 Å². The van der Waals surface area contributed by atoms with Gasteiger partial charge in [0, 0.05) is 21.6 Å². The van der Waals surface area contributed by atoms with E-state index < -0.39 is 11.5 Å². The largest absolute Gasteiger partial charge is 0.494 e. The third-order valence-corrected chi connectivity index (χ3v) is 3.65. The summed E-state index contributed by atoms with van der Waals surface area (Å²) < 4.78 is 0.668. The second-order valence-electron chi connectivity index (χ2n) is 4.15. The molecular weight excluding hydrogens is 348 g/mol. The molecule has 1 heterocycles. The number of nitrogens with one attached hydrogen (secondary N) is 2. The van der Waals surface area contributed by atoms with Crippen molar-refractivity contribution in [2.45, 2.75) is 6.92 Å². The third-order valence-electron chi connectivity index (χ3n) is 2.59. The van der Waals surface area contributed by atoms with Crippen molar-refractivity contribution < 1.29 is 9.90 Å². The molecule has 20 heavy (non-hydrogen) atoms. The number of anilines is 1. The number of rotatable bonds is 2. The molecule has 0 saturated heterocycles. The number of H-pyrrole nitrogens is 1. The maximum atomic E-state index is 12.0. The molecule has 1 aromatic carbocycles. The van der Waals surface area contributed by atoms with Gasteiger partial charge in [0.15, 0.2) is 5.88 Å². The Balaban J connectivity index is 2.32. The van der Waals surface area contributed by atoms with Crippen LogP contribution in [0.15, 0.2) is 33.5 Å². The van der Waals surface area contributed by atoms with Crippen LogP contribution >= 0.6 is 27.5 Å². The average molecular weight is 358 g/mol. The minimum Gasteiger partial charge on any atom is -0.494 e. The number of carbonyl (C=O) groups is 1. The zero-order chi connectivity index (χ0) is 14.9. The zero-order valence-electron chi connectivity index (χ0n) is 10.3. The van der Waals surface area contributed by atoms with Crippen molar-refractivity contribution in [3.63, 3.8) is 0 Å². The van der Waals surface area contributed by atoms with Crippen molar-refractivity contribution in [2.24, 2.45) is 0 Å². The number of aryl methyl sites for hydroxylation is 1. The second-order valence-corrected chi connectivity index (χ2v) is 5.42. The Morgan fingerprint density at radius 3 is 2.70 bits per heavy atom. The topological polar surface area (TPSA) is 82.2 Å². The summed E-state index contributed by atoms with van der Waals surface area (Å²) in [5.74, 6) is -0.893. The Labute approximate surface area is 127 Å². The van der Waals surface area contributed by atoms with E-state index in [1.165, 1.54) is 6.07 Å². The fourth-order valence-electron chi connectivity index (χ4n) is 1.60. The summed E-state index contributed by atoms with van der Waals surface area (Å²) in [4.78, 5) is 25.4. The lowest BCUT2D eigenvalue weighted by Gasteiger charge is -2.09. The van der Waals surface area contributed by atoms with Crippen molar-refractivity contribution in [3.8, 4) is 5.88 Å². The molecule has 0 saturated carbocycles. The molecule has 2 aromatic rings. The molecule has 2 rings (SSSR count). The van der Waals surface area contributed by atoms with Gasteiger partial charge in [-0.25, -0.2) is 0 Å². The summed E-state index contributed by atoms with van der Waals surface area (Å²) in [5, 5.41) is 12.4. The Morgan fingerprint density at radius 2 is 2.05 bits per heavy atom. The standard InChI is InChI=1S/C13H10BrClN2O3/c1-6-2-8(14)10(5-9(6)15)16-13(20)7-3-11(18)17-12(19)4-7/h2-5H,1H3,(H,16,20)(H2,17,18,19). The number of hydrogen-bond donors (Lipinski definition) is 3. The van der Waals surface area contributed by atoms with Crippen LogP contribution in [-0.2, 0) is 0 Å². The summed E-state index contributed by atoms with van der Waals surface area (Å²) in [7, 11) is 0. The number of aromatic hydroxyl groups is 1. The molecular formula is C13H10BrClN2O3. The molecule has 0 aliphatic rings. The van der Waals surface area contributed by atoms with Gasteiger partial charge in [0.25, 0.3) is 11.5 Å². The van der Waals surface area contributed by atoms with E-state index in [0.29, 0.717) is 15.2 Å². The first-order valence-electron chi connectivity index (χ1n) is 5.57. The van der Waals surface area contributed by atoms with E-state index in [0.717, 1.165) is 11.6 Å². The van der Waals surface area contributed by atoms with Crippen LogP contribution in [0.25, 0.3) is 0 Å². The first-order valence-corrected chi connectivity index (χ1v) is 6.74. The van der Waals surface area contributed by atoms with Gasteiger partial charge in [0.05, 0.1) is 11.3 Å². The molecule has 0 bridgehead atoms. The van der Waals surface area contributed by atoms with Gasteiger partial charge in [-0.05, 0) is 40.5 Å². The highest BCUT2D eigenvalue weighted by Gasteiger charge is 2.11. The number of benzene rings is 1. The number of pyridine rings is 1. The van der Waals surface area contributed by atoms with Crippen LogP contribution < -0.4 is 10.9 Å². The number of hydrogen-bond acceptors (Lipinski definition) is 3. The van der Waals surface area contributed by atoms with Gasteiger partial charge >= 0.3 is 0 Å². The number of aromatic nitrogens is 1. The maximum Gasteiger partial charge on any atom is 0.256 e. The molecule has 0 spiro atoms. The molecule has 104 valence electrons. The lowest BCUT2D eigenvalue weighted by molar-refractivity contribution is 0.102. The molecule has 0 unspecified atom stereocenters. The van der Waals surface area contributed by atoms with Crippen molar-refractivity contribution in [2.75, 3.05) is 5.32 Å². The van der Waals surface area contributed by atoms with Crippen LogP contribution in [0, 0.1) is 6.92 Å². The molecule has 1 aromatic heterocycles. The van der Waals surface area contributed by atoms with Gasteiger partial charge in [0.2, 0.25) is 0 Å². The summed E-state index contributed by atoms with van der Waals surface area (Å²) in [6.45, 7) is 1.84. The van der Waals surface area contributed by atoms with E-state index in [2.05, 4.69) is 26.2 Å². The van der Waals surface area contributed by atoms with Crippen molar-refractivity contribution in [1.29, 1.82) is 0 Å². The summed E-state index contributed by atoms with van der Waals surface area (Å²) in [6, 6.07) is 5.64. The Bertz CT molecular complexity index is 743. The maximum absolute atomic E-state index is 12.0. The summed E-state index contributed by atoms with van der Waals surface area (Å²) >= 11 is 9.32. The van der Waals surface area contributed by atoms with E-state index in [4.69, 9.17) is 11.6 Å². The van der Waals surface area contributed by atoms with E-state index in [9.17, 15) is 14.7 Å². The first kappa shape index (κ1) is 14.6. The minimum atomic E-state index is -0.559. The monoisotopic (exact) mass is 356 g/mol. The molecule has 0 aliphatic heterocycles. The Morgan fingerprint density at radius 1 is 1.35 bits per heavy atom. The van der Waals surface area contributed by atoms with Crippen LogP contribution in [0.3, 0.4) is 0 Å². The Kier molecular flexibility index (Phi) is 4.15. The van der Waals surface area contributed by atoms with Crippen LogP contribution in [0.2, 0.25) is 5.02 Å². The van der Waals surface area contributed by atoms with E-state index >= 15 is 0 Å². The van der Waals surface area contributed by atoms with Gasteiger partial charge in [-0.15, -0.1) is 0 Å². The van der Waals surface area contributed by atoms with Crippen molar-refractivity contribution in [1.82, 2.24) is 4.98 Å². The highest BCUT2D eigenvalue weighted by Crippen LogP contribution is 2.29. The zero-order valence-corrected chi connectivity index (χ0v) is 12.7. The SMILES string of the molecule is Cc1cc(Br)c(NC(=O)c2cc(O)[nH]c(=O)c2)cc1Cl. The fraction of sp³-hybridized carbons (Fsp3) is 0.0769. The quantitative estimate of drug-likeness (QED) is 0.772. The normalized spacial score (nSPS) is 10.3. The van der Waals surface area contributed by atoms with Crippen LogP contribution in [0.5, 0.6) is 5.88 Å². The van der Waals surface area contributed by atoms with Gasteiger partial charge < -0.3 is 10.4 Å².